The fraction of sp³-hybridized carbons (Fsp3) is 0.167. The predicted molar refractivity (Wildman–Crippen MR) is 58.6 cm³/mol. The molecule has 0 radical (unpaired) electrons. The van der Waals surface area contributed by atoms with E-state index in [0.29, 0.717) is 5.76 Å². The molecule has 0 bridgehead atoms. The van der Waals surface area contributed by atoms with Gasteiger partial charge in [-0.25, -0.2) is 8.78 Å². The minimum atomic E-state index is -2.57. The minimum absolute atomic E-state index is 0.301. The van der Waals surface area contributed by atoms with Crippen LogP contribution in [0.4, 0.5) is 14.5 Å². The van der Waals surface area contributed by atoms with Crippen LogP contribution >= 0.6 is 0 Å². The van der Waals surface area contributed by atoms with Crippen LogP contribution in [0.25, 0.3) is 11.3 Å². The van der Waals surface area contributed by atoms with Crippen molar-refractivity contribution >= 4 is 5.69 Å². The zero-order valence-corrected chi connectivity index (χ0v) is 8.71. The molecule has 0 aliphatic carbocycles. The Morgan fingerprint density at radius 2 is 2.00 bits per heavy atom. The molecule has 2 rings (SSSR count). The Balaban J connectivity index is 2.34. The molecule has 4 heteroatoms. The molecule has 0 amide bonds. The average molecular weight is 223 g/mol. The van der Waals surface area contributed by atoms with Crippen molar-refractivity contribution in [1.82, 2.24) is 0 Å². The minimum Gasteiger partial charge on any atom is -0.455 e. The molecule has 84 valence electrons. The molecule has 0 unspecified atom stereocenters. The van der Waals surface area contributed by atoms with Gasteiger partial charge in [0.15, 0.2) is 5.76 Å². The van der Waals surface area contributed by atoms with Crippen molar-refractivity contribution in [1.29, 1.82) is 0 Å². The van der Waals surface area contributed by atoms with Crippen LogP contribution in [-0.2, 0) is 0 Å². The van der Waals surface area contributed by atoms with E-state index in [9.17, 15) is 8.78 Å². The molecule has 0 fully saturated rings. The van der Waals surface area contributed by atoms with E-state index >= 15 is 0 Å². The molecule has 16 heavy (non-hydrogen) atoms. The molecular weight excluding hydrogens is 212 g/mol. The summed E-state index contributed by atoms with van der Waals surface area (Å²) in [5.41, 5.74) is 1.69. The van der Waals surface area contributed by atoms with Gasteiger partial charge in [0.25, 0.3) is 6.43 Å². The number of benzene rings is 1. The molecule has 0 aliphatic heterocycles. The highest BCUT2D eigenvalue weighted by atomic mass is 19.3. The van der Waals surface area contributed by atoms with E-state index in [1.807, 2.05) is 24.3 Å². The highest BCUT2D eigenvalue weighted by Gasteiger charge is 2.13. The first-order chi connectivity index (χ1) is 7.70. The normalized spacial score (nSPS) is 10.8. The first-order valence-corrected chi connectivity index (χ1v) is 4.87. The van der Waals surface area contributed by atoms with Gasteiger partial charge >= 0.3 is 0 Å². The lowest BCUT2D eigenvalue weighted by Gasteiger charge is -2.02. The number of alkyl halides is 2. The smallest absolute Gasteiger partial charge is 0.295 e. The quantitative estimate of drug-likeness (QED) is 0.852. The van der Waals surface area contributed by atoms with Gasteiger partial charge in [-0.15, -0.1) is 0 Å². The van der Waals surface area contributed by atoms with Crippen molar-refractivity contribution in [3.8, 4) is 11.3 Å². The second-order valence-electron chi connectivity index (χ2n) is 3.33. The van der Waals surface area contributed by atoms with Gasteiger partial charge in [-0.3, -0.25) is 0 Å². The molecule has 0 aliphatic rings. The second kappa shape index (κ2) is 4.35. The molecule has 0 spiro atoms. The highest BCUT2D eigenvalue weighted by molar-refractivity contribution is 5.63. The summed E-state index contributed by atoms with van der Waals surface area (Å²) in [4.78, 5) is 0. The third kappa shape index (κ3) is 2.05. The second-order valence-corrected chi connectivity index (χ2v) is 3.33. The molecule has 1 aromatic carbocycles. The Kier molecular flexibility index (Phi) is 2.90. The number of halogens is 2. The van der Waals surface area contributed by atoms with E-state index < -0.39 is 6.43 Å². The lowest BCUT2D eigenvalue weighted by atomic mass is 10.1. The molecule has 1 heterocycles. The first kappa shape index (κ1) is 10.7. The number of nitrogens with one attached hydrogen (secondary N) is 1. The standard InChI is InChI=1S/C12H11F2NO/c1-15-9-4-2-3-8(7-9)10-5-6-11(16-10)12(13)14/h2-7,12,15H,1H3. The Bertz CT molecular complexity index is 479. The van der Waals surface area contributed by atoms with E-state index in [4.69, 9.17) is 4.42 Å². The fourth-order valence-electron chi connectivity index (χ4n) is 1.45. The average Bonchev–Trinajstić information content (AvgIpc) is 2.78. The molecule has 0 saturated carbocycles. The van der Waals surface area contributed by atoms with Gasteiger partial charge in [0, 0.05) is 18.3 Å². The predicted octanol–water partition coefficient (Wildman–Crippen LogP) is 3.93. The van der Waals surface area contributed by atoms with Crippen molar-refractivity contribution < 1.29 is 13.2 Å². The lowest BCUT2D eigenvalue weighted by molar-refractivity contribution is 0.123. The topological polar surface area (TPSA) is 25.2 Å². The molecule has 2 nitrogen and oxygen atoms in total. The van der Waals surface area contributed by atoms with Gasteiger partial charge in [-0.2, -0.15) is 0 Å². The molecular formula is C12H11F2NO. The maximum absolute atomic E-state index is 12.3. The summed E-state index contributed by atoms with van der Waals surface area (Å²) in [5, 5.41) is 2.98. The Hall–Kier alpha value is -1.84. The van der Waals surface area contributed by atoms with Crippen molar-refractivity contribution in [3.63, 3.8) is 0 Å². The van der Waals surface area contributed by atoms with E-state index in [-0.39, 0.29) is 5.76 Å². The summed E-state index contributed by atoms with van der Waals surface area (Å²) in [6.45, 7) is 0. The molecule has 1 aromatic heterocycles. The molecule has 2 aromatic rings. The van der Waals surface area contributed by atoms with Gasteiger partial charge in [-0.1, -0.05) is 12.1 Å². The van der Waals surface area contributed by atoms with Gasteiger partial charge < -0.3 is 9.73 Å². The summed E-state index contributed by atoms with van der Waals surface area (Å²) in [5.74, 6) is 0.150. The van der Waals surface area contributed by atoms with E-state index in [1.165, 1.54) is 6.07 Å². The monoisotopic (exact) mass is 223 g/mol. The Morgan fingerprint density at radius 3 is 2.62 bits per heavy atom. The summed E-state index contributed by atoms with van der Waals surface area (Å²) in [6.07, 6.45) is -2.57. The largest absolute Gasteiger partial charge is 0.455 e. The highest BCUT2D eigenvalue weighted by Crippen LogP contribution is 2.28. The molecule has 1 N–H and O–H groups in total. The molecule has 0 saturated heterocycles. The Labute approximate surface area is 91.9 Å². The summed E-state index contributed by atoms with van der Waals surface area (Å²) in [7, 11) is 1.80. The van der Waals surface area contributed by atoms with Gasteiger partial charge in [-0.05, 0) is 24.3 Å². The van der Waals surface area contributed by atoms with Crippen LogP contribution in [0.2, 0.25) is 0 Å². The Morgan fingerprint density at radius 1 is 1.19 bits per heavy atom. The van der Waals surface area contributed by atoms with Crippen molar-refractivity contribution in [2.75, 3.05) is 12.4 Å². The van der Waals surface area contributed by atoms with Crippen LogP contribution in [0.15, 0.2) is 40.8 Å². The number of furan rings is 1. The zero-order valence-electron chi connectivity index (χ0n) is 8.71. The van der Waals surface area contributed by atoms with Crippen LogP contribution in [0, 0.1) is 0 Å². The summed E-state index contributed by atoms with van der Waals surface area (Å²) in [6, 6.07) is 10.2. The number of anilines is 1. The zero-order chi connectivity index (χ0) is 11.5. The summed E-state index contributed by atoms with van der Waals surface area (Å²) >= 11 is 0. The number of rotatable bonds is 3. The van der Waals surface area contributed by atoms with E-state index in [0.717, 1.165) is 11.3 Å². The van der Waals surface area contributed by atoms with Crippen molar-refractivity contribution in [2.45, 2.75) is 6.43 Å². The molecule has 0 atom stereocenters. The van der Waals surface area contributed by atoms with Gasteiger partial charge in [0.05, 0.1) is 0 Å². The van der Waals surface area contributed by atoms with Crippen LogP contribution in [0.3, 0.4) is 0 Å². The van der Waals surface area contributed by atoms with Crippen LogP contribution in [0.1, 0.15) is 12.2 Å². The number of hydrogen-bond acceptors (Lipinski definition) is 2. The number of hydrogen-bond donors (Lipinski definition) is 1. The van der Waals surface area contributed by atoms with Crippen LogP contribution < -0.4 is 5.32 Å². The van der Waals surface area contributed by atoms with Gasteiger partial charge in [0.1, 0.15) is 5.76 Å². The van der Waals surface area contributed by atoms with Crippen LogP contribution in [0.5, 0.6) is 0 Å². The summed E-state index contributed by atoms with van der Waals surface area (Å²) < 4.78 is 29.7. The fourth-order valence-corrected chi connectivity index (χ4v) is 1.45. The first-order valence-electron chi connectivity index (χ1n) is 4.87. The maximum Gasteiger partial charge on any atom is 0.295 e. The van der Waals surface area contributed by atoms with E-state index in [1.54, 1.807) is 13.1 Å². The van der Waals surface area contributed by atoms with Crippen LogP contribution in [-0.4, -0.2) is 7.05 Å². The maximum atomic E-state index is 12.3. The lowest BCUT2D eigenvalue weighted by Crippen LogP contribution is -1.87. The van der Waals surface area contributed by atoms with E-state index in [2.05, 4.69) is 5.32 Å². The third-order valence-electron chi connectivity index (χ3n) is 2.28. The van der Waals surface area contributed by atoms with Crippen molar-refractivity contribution in [2.24, 2.45) is 0 Å². The third-order valence-corrected chi connectivity index (χ3v) is 2.28. The van der Waals surface area contributed by atoms with Gasteiger partial charge in [0.2, 0.25) is 0 Å². The SMILES string of the molecule is CNc1cccc(-c2ccc(C(F)F)o2)c1. The van der Waals surface area contributed by atoms with Crippen molar-refractivity contribution in [3.05, 3.63) is 42.2 Å².